The van der Waals surface area contributed by atoms with E-state index in [0.717, 1.165) is 41.2 Å². The largest absolute Gasteiger partial charge is 0.324 e. The molecule has 1 aromatic heterocycles. The molecule has 0 saturated carbocycles. The third kappa shape index (κ3) is 6.93. The summed E-state index contributed by atoms with van der Waals surface area (Å²) in [6.45, 7) is 2.76. The fourth-order valence-corrected chi connectivity index (χ4v) is 5.61. The molecular formula is C28H28ClN3O2S2. The standard InChI is InChI=1S/C28H28ClN3O2S2/c1-2-3-4-9-18-32-27(34)22-10-5-6-11-23(22)31-28(32)35-19-26(33)30-24-12-7-8-13-25(24)36-21-16-14-20(29)15-17-21/h5-8,10-17H,2-4,9,18-19H2,1H3,(H,30,33). The zero-order valence-corrected chi connectivity index (χ0v) is 22.5. The molecule has 0 aliphatic carbocycles. The van der Waals surface area contributed by atoms with E-state index in [1.54, 1.807) is 16.3 Å². The lowest BCUT2D eigenvalue weighted by Gasteiger charge is -2.14. The Morgan fingerprint density at radius 1 is 0.972 bits per heavy atom. The SMILES string of the molecule is CCCCCCn1c(SCC(=O)Nc2ccccc2Sc2ccc(Cl)cc2)nc2ccccc2c1=O. The van der Waals surface area contributed by atoms with Crippen LogP contribution in [0.4, 0.5) is 5.69 Å². The predicted octanol–water partition coefficient (Wildman–Crippen LogP) is 7.51. The van der Waals surface area contributed by atoms with E-state index in [-0.39, 0.29) is 17.2 Å². The molecule has 3 aromatic carbocycles. The molecular weight excluding hydrogens is 510 g/mol. The van der Waals surface area contributed by atoms with Crippen LogP contribution in [0.15, 0.2) is 92.5 Å². The molecule has 1 heterocycles. The van der Waals surface area contributed by atoms with Gasteiger partial charge in [-0.3, -0.25) is 14.2 Å². The molecule has 186 valence electrons. The Kier molecular flexibility index (Phi) is 9.50. The first-order chi connectivity index (χ1) is 17.5. The molecule has 0 atom stereocenters. The van der Waals surface area contributed by atoms with Crippen LogP contribution in [0.5, 0.6) is 0 Å². The Labute approximate surface area is 224 Å². The number of hydrogen-bond acceptors (Lipinski definition) is 5. The highest BCUT2D eigenvalue weighted by Gasteiger charge is 2.14. The van der Waals surface area contributed by atoms with Crippen LogP contribution in [0.3, 0.4) is 0 Å². The highest BCUT2D eigenvalue weighted by molar-refractivity contribution is 8.00. The minimum absolute atomic E-state index is 0.0512. The monoisotopic (exact) mass is 537 g/mol. The number of fused-ring (bicyclic) bond motifs is 1. The van der Waals surface area contributed by atoms with Crippen molar-refractivity contribution in [1.82, 2.24) is 9.55 Å². The van der Waals surface area contributed by atoms with Gasteiger partial charge in [0.1, 0.15) is 0 Å². The first kappa shape index (κ1) is 26.3. The molecule has 1 N–H and O–H groups in total. The minimum atomic E-state index is -0.149. The summed E-state index contributed by atoms with van der Waals surface area (Å²) in [5.41, 5.74) is 1.34. The number of benzene rings is 3. The van der Waals surface area contributed by atoms with Gasteiger partial charge in [-0.1, -0.05) is 85.6 Å². The van der Waals surface area contributed by atoms with Crippen LogP contribution in [-0.2, 0) is 11.3 Å². The molecule has 0 saturated heterocycles. The zero-order chi connectivity index (χ0) is 25.3. The molecule has 0 bridgehead atoms. The fraction of sp³-hybridized carbons (Fsp3) is 0.250. The number of carbonyl (C=O) groups is 1. The summed E-state index contributed by atoms with van der Waals surface area (Å²) < 4.78 is 1.72. The Morgan fingerprint density at radius 2 is 1.72 bits per heavy atom. The number of carbonyl (C=O) groups excluding carboxylic acids is 1. The molecule has 8 heteroatoms. The normalized spacial score (nSPS) is 11.1. The molecule has 36 heavy (non-hydrogen) atoms. The van der Waals surface area contributed by atoms with Crippen LogP contribution in [-0.4, -0.2) is 21.2 Å². The van der Waals surface area contributed by atoms with E-state index in [1.807, 2.05) is 72.8 Å². The Morgan fingerprint density at radius 3 is 2.53 bits per heavy atom. The van der Waals surface area contributed by atoms with Crippen molar-refractivity contribution in [3.8, 4) is 0 Å². The Hall–Kier alpha value is -2.74. The number of nitrogens with zero attached hydrogens (tertiary/aromatic N) is 2. The van der Waals surface area contributed by atoms with Crippen LogP contribution in [0.2, 0.25) is 5.02 Å². The lowest BCUT2D eigenvalue weighted by Crippen LogP contribution is -2.24. The van der Waals surface area contributed by atoms with E-state index in [9.17, 15) is 9.59 Å². The van der Waals surface area contributed by atoms with Gasteiger partial charge in [0.05, 0.1) is 22.3 Å². The molecule has 0 radical (unpaired) electrons. The number of aromatic nitrogens is 2. The van der Waals surface area contributed by atoms with Gasteiger partial charge < -0.3 is 5.32 Å². The van der Waals surface area contributed by atoms with E-state index in [4.69, 9.17) is 16.6 Å². The second-order valence-corrected chi connectivity index (χ2v) is 10.8. The number of thioether (sulfide) groups is 1. The first-order valence-electron chi connectivity index (χ1n) is 12.0. The van der Waals surface area contributed by atoms with E-state index in [0.29, 0.717) is 27.6 Å². The summed E-state index contributed by atoms with van der Waals surface area (Å²) in [4.78, 5) is 32.8. The van der Waals surface area contributed by atoms with Gasteiger partial charge in [0.25, 0.3) is 5.56 Å². The van der Waals surface area contributed by atoms with Crippen molar-refractivity contribution < 1.29 is 4.79 Å². The molecule has 0 aliphatic heterocycles. The quantitative estimate of drug-likeness (QED) is 0.122. The average Bonchev–Trinajstić information content (AvgIpc) is 2.89. The number of anilines is 1. The van der Waals surface area contributed by atoms with E-state index >= 15 is 0 Å². The summed E-state index contributed by atoms with van der Waals surface area (Å²) in [6, 6.07) is 22.7. The molecule has 0 spiro atoms. The van der Waals surface area contributed by atoms with Gasteiger partial charge in [-0.25, -0.2) is 4.98 Å². The second kappa shape index (κ2) is 13.0. The van der Waals surface area contributed by atoms with Gasteiger partial charge in [-0.05, 0) is 55.0 Å². The maximum absolute atomic E-state index is 13.2. The van der Waals surface area contributed by atoms with Crippen molar-refractivity contribution in [2.75, 3.05) is 11.1 Å². The first-order valence-corrected chi connectivity index (χ1v) is 14.2. The smallest absolute Gasteiger partial charge is 0.262 e. The van der Waals surface area contributed by atoms with Crippen LogP contribution in [0, 0.1) is 0 Å². The summed E-state index contributed by atoms with van der Waals surface area (Å²) in [7, 11) is 0. The minimum Gasteiger partial charge on any atom is -0.324 e. The Balaban J connectivity index is 1.48. The van der Waals surface area contributed by atoms with E-state index < -0.39 is 0 Å². The fourth-order valence-electron chi connectivity index (χ4n) is 3.76. The average molecular weight is 538 g/mol. The highest BCUT2D eigenvalue weighted by Crippen LogP contribution is 2.34. The molecule has 0 unspecified atom stereocenters. The van der Waals surface area contributed by atoms with Crippen LogP contribution < -0.4 is 10.9 Å². The van der Waals surface area contributed by atoms with Gasteiger partial charge in [0.2, 0.25) is 5.91 Å². The topological polar surface area (TPSA) is 64.0 Å². The number of halogens is 1. The summed E-state index contributed by atoms with van der Waals surface area (Å²) in [5, 5.41) is 4.89. The molecule has 0 fully saturated rings. The van der Waals surface area contributed by atoms with E-state index in [1.165, 1.54) is 11.8 Å². The third-order valence-electron chi connectivity index (χ3n) is 5.60. The van der Waals surface area contributed by atoms with Crippen LogP contribution in [0.1, 0.15) is 32.6 Å². The molecule has 4 rings (SSSR count). The number of rotatable bonds is 11. The third-order valence-corrected chi connectivity index (χ3v) is 7.91. The van der Waals surface area contributed by atoms with Gasteiger partial charge in [0.15, 0.2) is 5.16 Å². The van der Waals surface area contributed by atoms with Crippen molar-refractivity contribution in [3.63, 3.8) is 0 Å². The van der Waals surface area contributed by atoms with Gasteiger partial charge in [-0.2, -0.15) is 0 Å². The molecule has 1 amide bonds. The number of unbranched alkanes of at least 4 members (excludes halogenated alkanes) is 3. The van der Waals surface area contributed by atoms with E-state index in [2.05, 4.69) is 12.2 Å². The predicted molar refractivity (Wildman–Crippen MR) is 152 cm³/mol. The summed E-state index contributed by atoms with van der Waals surface area (Å²) in [5.74, 6) is 0.00348. The highest BCUT2D eigenvalue weighted by atomic mass is 35.5. The van der Waals surface area contributed by atoms with Crippen molar-refractivity contribution in [2.24, 2.45) is 0 Å². The van der Waals surface area contributed by atoms with Gasteiger partial charge in [0, 0.05) is 21.4 Å². The van der Waals surface area contributed by atoms with Crippen LogP contribution >= 0.6 is 35.1 Å². The van der Waals surface area contributed by atoms with Gasteiger partial charge >= 0.3 is 0 Å². The number of para-hydroxylation sites is 2. The molecule has 0 aliphatic rings. The second-order valence-electron chi connectivity index (χ2n) is 8.32. The maximum Gasteiger partial charge on any atom is 0.262 e. The zero-order valence-electron chi connectivity index (χ0n) is 20.1. The van der Waals surface area contributed by atoms with Gasteiger partial charge in [-0.15, -0.1) is 0 Å². The van der Waals surface area contributed by atoms with Crippen molar-refractivity contribution in [1.29, 1.82) is 0 Å². The molecule has 4 aromatic rings. The summed E-state index contributed by atoms with van der Waals surface area (Å²) >= 11 is 8.86. The lowest BCUT2D eigenvalue weighted by molar-refractivity contribution is -0.113. The summed E-state index contributed by atoms with van der Waals surface area (Å²) in [6.07, 6.45) is 4.23. The Bertz CT molecular complexity index is 1390. The number of hydrogen-bond donors (Lipinski definition) is 1. The molecule has 5 nitrogen and oxygen atoms in total. The lowest BCUT2D eigenvalue weighted by atomic mass is 10.2. The maximum atomic E-state index is 13.2. The van der Waals surface area contributed by atoms with Crippen molar-refractivity contribution in [3.05, 3.63) is 88.2 Å². The van der Waals surface area contributed by atoms with Crippen molar-refractivity contribution >= 4 is 57.6 Å². The van der Waals surface area contributed by atoms with Crippen LogP contribution in [0.25, 0.3) is 10.9 Å². The number of amides is 1. The van der Waals surface area contributed by atoms with Crippen molar-refractivity contribution in [2.45, 2.75) is 54.1 Å². The number of nitrogens with one attached hydrogen (secondary N) is 1.